The standard InChI is InChI=1S/C26H30ClN3O6/c1-4-15-36-20-8-5-18(6-9-20)25(32)30-13-11-29(12-14-30)23-10-7-19(16-21(23)27)28-22(26(33)35-3)17-24(31)34-2/h5-10,16-17,28H,4,11-15H2,1-3H3/b22-17+. The Morgan fingerprint density at radius 3 is 2.28 bits per heavy atom. The average molecular weight is 516 g/mol. The van der Waals surface area contributed by atoms with E-state index in [-0.39, 0.29) is 11.6 Å². The number of carbonyl (C=O) groups excluding carboxylic acids is 3. The van der Waals surface area contributed by atoms with Crippen LogP contribution in [0.2, 0.25) is 5.02 Å². The van der Waals surface area contributed by atoms with Crippen LogP contribution in [-0.4, -0.2) is 69.8 Å². The Balaban J connectivity index is 1.62. The number of hydrogen-bond donors (Lipinski definition) is 1. The summed E-state index contributed by atoms with van der Waals surface area (Å²) in [5, 5.41) is 3.30. The molecule has 10 heteroatoms. The lowest BCUT2D eigenvalue weighted by Crippen LogP contribution is -2.48. The number of benzene rings is 2. The van der Waals surface area contributed by atoms with Crippen molar-refractivity contribution >= 4 is 40.8 Å². The molecule has 2 aromatic carbocycles. The Labute approximate surface area is 215 Å². The topological polar surface area (TPSA) is 97.4 Å². The SMILES string of the molecule is CCCOc1ccc(C(=O)N2CCN(c3ccc(N/C(=C/C(=O)OC)C(=O)OC)cc3Cl)CC2)cc1. The van der Waals surface area contributed by atoms with Crippen LogP contribution < -0.4 is 15.0 Å². The zero-order valence-electron chi connectivity index (χ0n) is 20.6. The highest BCUT2D eigenvalue weighted by molar-refractivity contribution is 6.33. The summed E-state index contributed by atoms with van der Waals surface area (Å²) in [5.74, 6) is -0.677. The molecule has 0 unspecified atom stereocenters. The molecule has 0 bridgehead atoms. The van der Waals surface area contributed by atoms with Crippen molar-refractivity contribution in [1.82, 2.24) is 4.90 Å². The Morgan fingerprint density at radius 2 is 1.69 bits per heavy atom. The number of methoxy groups -OCH3 is 2. The van der Waals surface area contributed by atoms with Gasteiger partial charge in [-0.05, 0) is 48.9 Å². The van der Waals surface area contributed by atoms with Crippen LogP contribution in [0, 0.1) is 0 Å². The molecule has 0 atom stereocenters. The first-order valence-electron chi connectivity index (χ1n) is 11.6. The molecule has 0 saturated carbocycles. The third kappa shape index (κ3) is 6.91. The minimum Gasteiger partial charge on any atom is -0.494 e. The first-order valence-corrected chi connectivity index (χ1v) is 12.0. The maximum atomic E-state index is 12.9. The van der Waals surface area contributed by atoms with Crippen molar-refractivity contribution in [1.29, 1.82) is 0 Å². The second-order valence-electron chi connectivity index (χ2n) is 8.02. The van der Waals surface area contributed by atoms with Gasteiger partial charge in [0.15, 0.2) is 0 Å². The number of hydrogen-bond acceptors (Lipinski definition) is 8. The van der Waals surface area contributed by atoms with Crippen LogP contribution in [0.15, 0.2) is 54.2 Å². The maximum absolute atomic E-state index is 12.9. The van der Waals surface area contributed by atoms with Gasteiger partial charge in [0.2, 0.25) is 0 Å². The van der Waals surface area contributed by atoms with Gasteiger partial charge in [0.25, 0.3) is 5.91 Å². The molecule has 1 amide bonds. The van der Waals surface area contributed by atoms with Crippen LogP contribution in [0.5, 0.6) is 5.75 Å². The summed E-state index contributed by atoms with van der Waals surface area (Å²) >= 11 is 6.54. The van der Waals surface area contributed by atoms with Gasteiger partial charge in [-0.1, -0.05) is 18.5 Å². The molecule has 0 spiro atoms. The van der Waals surface area contributed by atoms with Gasteiger partial charge in [-0.25, -0.2) is 9.59 Å². The summed E-state index contributed by atoms with van der Waals surface area (Å²) in [5.41, 5.74) is 1.86. The molecule has 1 saturated heterocycles. The quantitative estimate of drug-likeness (QED) is 0.398. The molecular weight excluding hydrogens is 486 g/mol. The molecule has 0 aromatic heterocycles. The fourth-order valence-electron chi connectivity index (χ4n) is 3.68. The molecule has 192 valence electrons. The van der Waals surface area contributed by atoms with E-state index >= 15 is 0 Å². The molecule has 2 aromatic rings. The molecule has 1 fully saturated rings. The highest BCUT2D eigenvalue weighted by Gasteiger charge is 2.24. The summed E-state index contributed by atoms with van der Waals surface area (Å²) in [7, 11) is 2.43. The molecule has 1 N–H and O–H groups in total. The number of nitrogens with zero attached hydrogens (tertiary/aromatic N) is 2. The third-order valence-corrected chi connectivity index (χ3v) is 5.88. The zero-order valence-corrected chi connectivity index (χ0v) is 21.3. The third-order valence-electron chi connectivity index (χ3n) is 5.58. The Hall–Kier alpha value is -3.72. The Morgan fingerprint density at radius 1 is 1.00 bits per heavy atom. The van der Waals surface area contributed by atoms with Crippen LogP contribution in [0.1, 0.15) is 23.7 Å². The van der Waals surface area contributed by atoms with E-state index in [9.17, 15) is 14.4 Å². The van der Waals surface area contributed by atoms with Crippen LogP contribution in [-0.2, 0) is 19.1 Å². The van der Waals surface area contributed by atoms with E-state index < -0.39 is 11.9 Å². The second-order valence-corrected chi connectivity index (χ2v) is 8.42. The summed E-state index contributed by atoms with van der Waals surface area (Å²) in [6.07, 6.45) is 1.94. The molecule has 3 rings (SSSR count). The van der Waals surface area contributed by atoms with E-state index in [0.717, 1.165) is 23.9 Å². The number of carbonyl (C=O) groups is 3. The van der Waals surface area contributed by atoms with Gasteiger partial charge < -0.3 is 29.3 Å². The van der Waals surface area contributed by atoms with E-state index in [1.165, 1.54) is 14.2 Å². The van der Waals surface area contributed by atoms with E-state index in [2.05, 4.69) is 15.0 Å². The lowest BCUT2D eigenvalue weighted by Gasteiger charge is -2.36. The van der Waals surface area contributed by atoms with Crippen molar-refractivity contribution in [3.8, 4) is 5.75 Å². The van der Waals surface area contributed by atoms with E-state index in [0.29, 0.717) is 49.1 Å². The van der Waals surface area contributed by atoms with E-state index in [4.69, 9.17) is 21.1 Å². The molecule has 0 radical (unpaired) electrons. The normalized spacial score (nSPS) is 13.7. The van der Waals surface area contributed by atoms with Crippen molar-refractivity contribution in [3.63, 3.8) is 0 Å². The van der Waals surface area contributed by atoms with Crippen LogP contribution in [0.4, 0.5) is 11.4 Å². The number of amides is 1. The van der Waals surface area contributed by atoms with Gasteiger partial charge in [0, 0.05) is 37.4 Å². The monoisotopic (exact) mass is 515 g/mol. The number of anilines is 2. The lowest BCUT2D eigenvalue weighted by atomic mass is 10.1. The molecule has 0 aliphatic carbocycles. The predicted molar refractivity (Wildman–Crippen MR) is 138 cm³/mol. The number of rotatable bonds is 9. The predicted octanol–water partition coefficient (Wildman–Crippen LogP) is 3.73. The summed E-state index contributed by atoms with van der Waals surface area (Å²) in [6, 6.07) is 12.4. The molecular formula is C26H30ClN3O6. The lowest BCUT2D eigenvalue weighted by molar-refractivity contribution is -0.138. The van der Waals surface area contributed by atoms with Gasteiger partial charge in [0.05, 0.1) is 37.6 Å². The van der Waals surface area contributed by atoms with Crippen molar-refractivity contribution in [3.05, 3.63) is 64.8 Å². The zero-order chi connectivity index (χ0) is 26.1. The largest absolute Gasteiger partial charge is 0.494 e. The first-order chi connectivity index (χ1) is 17.4. The van der Waals surface area contributed by atoms with Gasteiger partial charge in [0.1, 0.15) is 11.4 Å². The van der Waals surface area contributed by atoms with Gasteiger partial charge >= 0.3 is 11.9 Å². The van der Waals surface area contributed by atoms with Crippen LogP contribution in [0.25, 0.3) is 0 Å². The van der Waals surface area contributed by atoms with Crippen molar-refractivity contribution in [2.24, 2.45) is 0 Å². The van der Waals surface area contributed by atoms with Crippen molar-refractivity contribution in [2.45, 2.75) is 13.3 Å². The number of halogens is 1. The van der Waals surface area contributed by atoms with Gasteiger partial charge in [-0.2, -0.15) is 0 Å². The number of esters is 2. The van der Waals surface area contributed by atoms with Gasteiger partial charge in [-0.15, -0.1) is 0 Å². The smallest absolute Gasteiger partial charge is 0.354 e. The van der Waals surface area contributed by atoms with Crippen LogP contribution in [0.3, 0.4) is 0 Å². The summed E-state index contributed by atoms with van der Waals surface area (Å²) in [4.78, 5) is 40.4. The van der Waals surface area contributed by atoms with E-state index in [1.807, 2.05) is 30.0 Å². The van der Waals surface area contributed by atoms with E-state index in [1.54, 1.807) is 24.3 Å². The van der Waals surface area contributed by atoms with Crippen molar-refractivity contribution < 1.29 is 28.6 Å². The minimum atomic E-state index is -0.718. The molecule has 1 heterocycles. The fourth-order valence-corrected chi connectivity index (χ4v) is 3.98. The van der Waals surface area contributed by atoms with Crippen LogP contribution >= 0.6 is 11.6 Å². The highest BCUT2D eigenvalue weighted by Crippen LogP contribution is 2.30. The molecule has 1 aliphatic rings. The fraction of sp³-hybridized carbons (Fsp3) is 0.346. The average Bonchev–Trinajstić information content (AvgIpc) is 2.91. The summed E-state index contributed by atoms with van der Waals surface area (Å²) in [6.45, 7) is 5.03. The first kappa shape index (κ1) is 26.9. The number of piperazine rings is 1. The second kappa shape index (κ2) is 12.8. The molecule has 9 nitrogen and oxygen atoms in total. The molecule has 1 aliphatic heterocycles. The number of nitrogens with one attached hydrogen (secondary N) is 1. The van der Waals surface area contributed by atoms with Gasteiger partial charge in [-0.3, -0.25) is 4.79 Å². The molecule has 36 heavy (non-hydrogen) atoms. The Kier molecular flexibility index (Phi) is 9.58. The maximum Gasteiger partial charge on any atom is 0.354 e. The minimum absolute atomic E-state index is 0.0185. The van der Waals surface area contributed by atoms with Crippen molar-refractivity contribution in [2.75, 3.05) is 57.2 Å². The highest BCUT2D eigenvalue weighted by atomic mass is 35.5. The number of ether oxygens (including phenoxy) is 3. The Bertz CT molecular complexity index is 1110. The summed E-state index contributed by atoms with van der Waals surface area (Å²) < 4.78 is 14.9.